The number of carboxylic acids is 1. The average molecular weight is 449 g/mol. The number of hydrogen-bond donors (Lipinski definition) is 4. The summed E-state index contributed by atoms with van der Waals surface area (Å²) in [4.78, 5) is 59.7. The standard InChI is InChI=1S/C21H27N3O8/c1-3-31-17(27)9-15-10-21(15,19(29)22-11-16(25)26)24-18(28)13(2)23-20(30)32-12-14-7-5-4-6-8-14/h4-8,13,15H,3,9-12H2,1-2H3,(H,22,29)(H,23,30)(H,24,28)(H,25,26)/t13-,15+,21+/m0/s1. The van der Waals surface area contributed by atoms with E-state index in [9.17, 15) is 24.0 Å². The first-order valence-corrected chi connectivity index (χ1v) is 10.1. The van der Waals surface area contributed by atoms with Crippen LogP contribution >= 0.6 is 0 Å². The van der Waals surface area contributed by atoms with Crippen molar-refractivity contribution in [3.05, 3.63) is 35.9 Å². The lowest BCUT2D eigenvalue weighted by Crippen LogP contribution is -2.56. The van der Waals surface area contributed by atoms with Crippen molar-refractivity contribution in [3.8, 4) is 0 Å². The number of hydrogen-bond acceptors (Lipinski definition) is 7. The Morgan fingerprint density at radius 1 is 1.16 bits per heavy atom. The van der Waals surface area contributed by atoms with Gasteiger partial charge in [0.1, 0.15) is 24.7 Å². The van der Waals surface area contributed by atoms with E-state index in [1.54, 1.807) is 31.2 Å². The maximum atomic E-state index is 12.6. The van der Waals surface area contributed by atoms with Gasteiger partial charge in [-0.3, -0.25) is 19.2 Å². The van der Waals surface area contributed by atoms with Gasteiger partial charge in [-0.2, -0.15) is 0 Å². The maximum Gasteiger partial charge on any atom is 0.408 e. The number of carboxylic acid groups (broad SMARTS) is 1. The van der Waals surface area contributed by atoms with E-state index in [-0.39, 0.29) is 26.1 Å². The lowest BCUT2D eigenvalue weighted by atomic mass is 10.1. The molecular formula is C21H27N3O8. The van der Waals surface area contributed by atoms with Crippen molar-refractivity contribution in [2.45, 2.75) is 44.9 Å². The normalized spacial score (nSPS) is 19.8. The lowest BCUT2D eigenvalue weighted by molar-refractivity contribution is -0.144. The van der Waals surface area contributed by atoms with Crippen LogP contribution in [0.4, 0.5) is 4.79 Å². The van der Waals surface area contributed by atoms with E-state index in [0.717, 1.165) is 5.56 Å². The Bertz CT molecular complexity index is 860. The highest BCUT2D eigenvalue weighted by Crippen LogP contribution is 2.46. The number of carbonyl (C=O) groups excluding carboxylic acids is 4. The van der Waals surface area contributed by atoms with Crippen LogP contribution in [0.1, 0.15) is 32.3 Å². The number of ether oxygens (including phenoxy) is 2. The van der Waals surface area contributed by atoms with E-state index in [4.69, 9.17) is 14.6 Å². The SMILES string of the molecule is CCOC(=O)C[C@@H]1C[C@]1(NC(=O)[C@H](C)NC(=O)OCc1ccccc1)C(=O)NCC(=O)O. The number of amides is 3. The predicted molar refractivity (Wildman–Crippen MR) is 110 cm³/mol. The second kappa shape index (κ2) is 11.1. The van der Waals surface area contributed by atoms with Gasteiger partial charge in [0.25, 0.3) is 0 Å². The second-order valence-electron chi connectivity index (χ2n) is 7.37. The van der Waals surface area contributed by atoms with Crippen LogP contribution in [0.25, 0.3) is 0 Å². The number of alkyl carbamates (subject to hydrolysis) is 1. The van der Waals surface area contributed by atoms with Crippen molar-refractivity contribution in [1.29, 1.82) is 0 Å². The summed E-state index contributed by atoms with van der Waals surface area (Å²) in [6, 6.07) is 7.92. The monoisotopic (exact) mass is 449 g/mol. The summed E-state index contributed by atoms with van der Waals surface area (Å²) in [7, 11) is 0. The third-order valence-electron chi connectivity index (χ3n) is 4.92. The molecule has 11 heteroatoms. The third-order valence-corrected chi connectivity index (χ3v) is 4.92. The summed E-state index contributed by atoms with van der Waals surface area (Å²) in [5.74, 6) is -3.75. The van der Waals surface area contributed by atoms with E-state index in [1.807, 2.05) is 6.07 Å². The van der Waals surface area contributed by atoms with E-state index in [2.05, 4.69) is 16.0 Å². The highest BCUT2D eigenvalue weighted by molar-refractivity contribution is 5.98. The van der Waals surface area contributed by atoms with Crippen LogP contribution in [0, 0.1) is 5.92 Å². The average Bonchev–Trinajstić information content (AvgIpc) is 3.43. The van der Waals surface area contributed by atoms with Gasteiger partial charge in [0.2, 0.25) is 11.8 Å². The van der Waals surface area contributed by atoms with Crippen molar-refractivity contribution in [1.82, 2.24) is 16.0 Å². The van der Waals surface area contributed by atoms with E-state index in [0.29, 0.717) is 0 Å². The molecule has 0 heterocycles. The van der Waals surface area contributed by atoms with Gasteiger partial charge in [-0.15, -0.1) is 0 Å². The fraction of sp³-hybridized carbons (Fsp3) is 0.476. The van der Waals surface area contributed by atoms with Gasteiger partial charge in [0.05, 0.1) is 13.0 Å². The first-order valence-electron chi connectivity index (χ1n) is 10.1. The molecule has 32 heavy (non-hydrogen) atoms. The molecule has 174 valence electrons. The Hall–Kier alpha value is -3.63. The number of benzene rings is 1. The number of nitrogens with one attached hydrogen (secondary N) is 3. The van der Waals surface area contributed by atoms with Crippen molar-refractivity contribution < 1.29 is 38.6 Å². The number of esters is 1. The molecule has 1 aromatic carbocycles. The van der Waals surface area contributed by atoms with Crippen LogP contribution in [-0.2, 0) is 35.3 Å². The highest BCUT2D eigenvalue weighted by Gasteiger charge is 2.61. The Morgan fingerprint density at radius 2 is 1.84 bits per heavy atom. The van der Waals surface area contributed by atoms with Crippen LogP contribution in [0.2, 0.25) is 0 Å². The number of aliphatic carboxylic acids is 1. The highest BCUT2D eigenvalue weighted by atomic mass is 16.5. The predicted octanol–water partition coefficient (Wildman–Crippen LogP) is 0.330. The Morgan fingerprint density at radius 3 is 2.47 bits per heavy atom. The molecular weight excluding hydrogens is 422 g/mol. The Balaban J connectivity index is 1.94. The van der Waals surface area contributed by atoms with Crippen LogP contribution < -0.4 is 16.0 Å². The first kappa shape index (κ1) is 24.6. The third kappa shape index (κ3) is 6.96. The largest absolute Gasteiger partial charge is 0.480 e. The fourth-order valence-electron chi connectivity index (χ4n) is 3.13. The molecule has 1 aliphatic carbocycles. The lowest BCUT2D eigenvalue weighted by Gasteiger charge is -2.21. The maximum absolute atomic E-state index is 12.6. The molecule has 0 aliphatic heterocycles. The molecule has 0 spiro atoms. The number of carbonyl (C=O) groups is 5. The van der Waals surface area contributed by atoms with Crippen LogP contribution in [-0.4, -0.2) is 59.7 Å². The topological polar surface area (TPSA) is 160 Å². The molecule has 1 aliphatic rings. The molecule has 1 saturated carbocycles. The van der Waals surface area contributed by atoms with Gasteiger partial charge in [-0.1, -0.05) is 30.3 Å². The first-order chi connectivity index (χ1) is 15.2. The van der Waals surface area contributed by atoms with Gasteiger partial charge >= 0.3 is 18.0 Å². The number of rotatable bonds is 11. The minimum absolute atomic E-state index is 0.0180. The zero-order valence-electron chi connectivity index (χ0n) is 17.9. The Labute approximate surface area is 184 Å². The molecule has 1 aromatic rings. The van der Waals surface area contributed by atoms with Gasteiger partial charge in [0, 0.05) is 5.92 Å². The molecule has 4 N–H and O–H groups in total. The summed E-state index contributed by atoms with van der Waals surface area (Å²) in [5, 5.41) is 15.9. The van der Waals surface area contributed by atoms with Crippen molar-refractivity contribution >= 4 is 29.8 Å². The van der Waals surface area contributed by atoms with Crippen molar-refractivity contribution in [3.63, 3.8) is 0 Å². The molecule has 3 atom stereocenters. The summed E-state index contributed by atoms with van der Waals surface area (Å²) in [6.07, 6.45) is -0.802. The quantitative estimate of drug-likeness (QED) is 0.352. The summed E-state index contributed by atoms with van der Waals surface area (Å²) in [5.41, 5.74) is -0.683. The van der Waals surface area contributed by atoms with E-state index >= 15 is 0 Å². The molecule has 0 aromatic heterocycles. The van der Waals surface area contributed by atoms with Gasteiger partial charge in [-0.05, 0) is 25.8 Å². The van der Waals surface area contributed by atoms with Gasteiger partial charge in [0.15, 0.2) is 0 Å². The van der Waals surface area contributed by atoms with Gasteiger partial charge in [-0.25, -0.2) is 4.79 Å². The van der Waals surface area contributed by atoms with Crippen LogP contribution in [0.5, 0.6) is 0 Å². The van der Waals surface area contributed by atoms with E-state index < -0.39 is 53.9 Å². The summed E-state index contributed by atoms with van der Waals surface area (Å²) >= 11 is 0. The Kier molecular flexibility index (Phi) is 8.56. The minimum atomic E-state index is -1.46. The zero-order valence-corrected chi connectivity index (χ0v) is 17.9. The molecule has 1 fully saturated rings. The summed E-state index contributed by atoms with van der Waals surface area (Å²) < 4.78 is 9.95. The molecule has 0 unspecified atom stereocenters. The molecule has 11 nitrogen and oxygen atoms in total. The molecule has 0 saturated heterocycles. The minimum Gasteiger partial charge on any atom is -0.480 e. The van der Waals surface area contributed by atoms with Crippen molar-refractivity contribution in [2.24, 2.45) is 5.92 Å². The summed E-state index contributed by atoms with van der Waals surface area (Å²) in [6.45, 7) is 2.60. The molecule has 0 bridgehead atoms. The molecule has 3 amide bonds. The molecule has 2 rings (SSSR count). The fourth-order valence-corrected chi connectivity index (χ4v) is 3.13. The second-order valence-corrected chi connectivity index (χ2v) is 7.37. The van der Waals surface area contributed by atoms with Gasteiger partial charge < -0.3 is 30.5 Å². The van der Waals surface area contributed by atoms with E-state index in [1.165, 1.54) is 6.92 Å². The zero-order chi connectivity index (χ0) is 23.7. The van der Waals surface area contributed by atoms with Crippen molar-refractivity contribution in [2.75, 3.05) is 13.2 Å². The molecule has 0 radical (unpaired) electrons. The van der Waals surface area contributed by atoms with Crippen LogP contribution in [0.15, 0.2) is 30.3 Å². The smallest absolute Gasteiger partial charge is 0.408 e. The van der Waals surface area contributed by atoms with Crippen LogP contribution in [0.3, 0.4) is 0 Å².